The summed E-state index contributed by atoms with van der Waals surface area (Å²) >= 11 is 1.50. The predicted octanol–water partition coefficient (Wildman–Crippen LogP) is 2.82. The molecule has 11 heteroatoms. The second-order valence-electron chi connectivity index (χ2n) is 6.77. The Bertz CT molecular complexity index is 908. The summed E-state index contributed by atoms with van der Waals surface area (Å²) in [7, 11) is 0. The first-order valence-corrected chi connectivity index (χ1v) is 10.00. The molecule has 0 unspecified atom stereocenters. The van der Waals surface area contributed by atoms with Crippen molar-refractivity contribution in [2.75, 3.05) is 37.7 Å². The largest absolute Gasteiger partial charge is 0.455 e. The fourth-order valence-corrected chi connectivity index (χ4v) is 3.99. The number of hydrogen-bond donors (Lipinski definition) is 0. The number of piperazine rings is 1. The van der Waals surface area contributed by atoms with Gasteiger partial charge >= 0.3 is 12.2 Å². The molecule has 158 valence electrons. The molecule has 1 aliphatic rings. The summed E-state index contributed by atoms with van der Waals surface area (Å²) in [6.07, 6.45) is -5.13. The average Bonchev–Trinajstić information content (AvgIpc) is 3.07. The number of ketones is 1. The number of carbonyl (C=O) groups is 2. The SMILES string of the molecule is CCc1cc2c(N3CCN(C(=O)CC(F)(F)F)CC3)nc(OCC(C)=O)nc2s1. The summed E-state index contributed by atoms with van der Waals surface area (Å²) in [5.41, 5.74) is 0. The van der Waals surface area contributed by atoms with E-state index in [4.69, 9.17) is 4.74 Å². The number of rotatable bonds is 6. The van der Waals surface area contributed by atoms with Crippen molar-refractivity contribution in [2.24, 2.45) is 0 Å². The van der Waals surface area contributed by atoms with Crippen LogP contribution in [0.5, 0.6) is 6.01 Å². The molecule has 1 aliphatic heterocycles. The molecular formula is C18H21F3N4O3S. The number of ether oxygens (including phenoxy) is 1. The van der Waals surface area contributed by atoms with E-state index in [1.807, 2.05) is 17.9 Å². The van der Waals surface area contributed by atoms with E-state index < -0.39 is 18.5 Å². The van der Waals surface area contributed by atoms with Crippen LogP contribution in [0.25, 0.3) is 10.2 Å². The van der Waals surface area contributed by atoms with Crippen molar-refractivity contribution in [1.82, 2.24) is 14.9 Å². The molecule has 3 rings (SSSR count). The van der Waals surface area contributed by atoms with Gasteiger partial charge in [-0.1, -0.05) is 6.92 Å². The number of halogens is 3. The summed E-state index contributed by atoms with van der Waals surface area (Å²) in [5, 5.41) is 0.831. The van der Waals surface area contributed by atoms with Gasteiger partial charge in [0, 0.05) is 31.1 Å². The first-order valence-electron chi connectivity index (χ1n) is 9.18. The summed E-state index contributed by atoms with van der Waals surface area (Å²) in [6.45, 7) is 4.33. The van der Waals surface area contributed by atoms with Crippen molar-refractivity contribution in [3.05, 3.63) is 10.9 Å². The summed E-state index contributed by atoms with van der Waals surface area (Å²) in [6, 6.07) is 2.08. The smallest absolute Gasteiger partial charge is 0.397 e. The van der Waals surface area contributed by atoms with Crippen LogP contribution in [0.2, 0.25) is 0 Å². The highest BCUT2D eigenvalue weighted by Crippen LogP contribution is 2.33. The highest BCUT2D eigenvalue weighted by Gasteiger charge is 2.34. The van der Waals surface area contributed by atoms with Gasteiger partial charge in [-0.2, -0.15) is 23.1 Å². The van der Waals surface area contributed by atoms with Gasteiger partial charge in [0.2, 0.25) is 5.91 Å². The van der Waals surface area contributed by atoms with Crippen molar-refractivity contribution in [3.8, 4) is 6.01 Å². The molecule has 3 heterocycles. The van der Waals surface area contributed by atoms with E-state index in [0.717, 1.165) is 21.5 Å². The number of anilines is 1. The molecule has 1 amide bonds. The average molecular weight is 430 g/mol. The summed E-state index contributed by atoms with van der Waals surface area (Å²) < 4.78 is 42.8. The lowest BCUT2D eigenvalue weighted by atomic mass is 10.2. The molecule has 2 aromatic rings. The minimum absolute atomic E-state index is 0.0859. The van der Waals surface area contributed by atoms with Crippen LogP contribution in [0.3, 0.4) is 0 Å². The topological polar surface area (TPSA) is 75.6 Å². The fourth-order valence-electron chi connectivity index (χ4n) is 3.03. The zero-order chi connectivity index (χ0) is 21.2. The van der Waals surface area contributed by atoms with Crippen molar-refractivity contribution >= 4 is 39.1 Å². The fraction of sp³-hybridized carbons (Fsp3) is 0.556. The van der Waals surface area contributed by atoms with E-state index >= 15 is 0 Å². The Kier molecular flexibility index (Phi) is 6.25. The Morgan fingerprint density at radius 1 is 1.21 bits per heavy atom. The summed E-state index contributed by atoms with van der Waals surface area (Å²) in [5.74, 6) is -0.473. The zero-order valence-electron chi connectivity index (χ0n) is 16.1. The Morgan fingerprint density at radius 3 is 2.48 bits per heavy atom. The van der Waals surface area contributed by atoms with Gasteiger partial charge in [0.25, 0.3) is 0 Å². The minimum atomic E-state index is -4.51. The van der Waals surface area contributed by atoms with Crippen LogP contribution in [0.15, 0.2) is 6.07 Å². The maximum atomic E-state index is 12.5. The number of aryl methyl sites for hydroxylation is 1. The van der Waals surface area contributed by atoms with E-state index in [2.05, 4.69) is 9.97 Å². The van der Waals surface area contributed by atoms with Crippen molar-refractivity contribution in [2.45, 2.75) is 32.9 Å². The molecule has 0 aromatic carbocycles. The Morgan fingerprint density at radius 2 is 1.90 bits per heavy atom. The third-order valence-corrected chi connectivity index (χ3v) is 5.61. The number of carbonyl (C=O) groups excluding carboxylic acids is 2. The summed E-state index contributed by atoms with van der Waals surface area (Å²) in [4.78, 5) is 36.8. The van der Waals surface area contributed by atoms with Crippen LogP contribution in [0.4, 0.5) is 19.0 Å². The molecule has 0 aliphatic carbocycles. The quantitative estimate of drug-likeness (QED) is 0.702. The standard InChI is InChI=1S/C18H21F3N4O3S/c1-3-12-8-13-15(22-17(23-16(13)29-12)28-10-11(2)26)25-6-4-24(5-7-25)14(27)9-18(19,20)21/h8H,3-7,9-10H2,1-2H3. The van der Waals surface area contributed by atoms with Crippen LogP contribution >= 0.6 is 11.3 Å². The first-order chi connectivity index (χ1) is 13.7. The van der Waals surface area contributed by atoms with Crippen molar-refractivity contribution in [1.29, 1.82) is 0 Å². The van der Waals surface area contributed by atoms with Gasteiger partial charge in [-0.15, -0.1) is 11.3 Å². The number of fused-ring (bicyclic) bond motifs is 1. The Balaban J connectivity index is 1.80. The van der Waals surface area contributed by atoms with Crippen LogP contribution < -0.4 is 9.64 Å². The number of thiophene rings is 1. The highest BCUT2D eigenvalue weighted by atomic mass is 32.1. The maximum absolute atomic E-state index is 12.5. The Hall–Kier alpha value is -2.43. The van der Waals surface area contributed by atoms with E-state index in [9.17, 15) is 22.8 Å². The molecule has 0 N–H and O–H groups in total. The molecule has 1 saturated heterocycles. The van der Waals surface area contributed by atoms with Crippen LogP contribution in [-0.2, 0) is 16.0 Å². The molecule has 2 aromatic heterocycles. The molecular weight excluding hydrogens is 409 g/mol. The van der Waals surface area contributed by atoms with Crippen LogP contribution in [0, 0.1) is 0 Å². The second kappa shape index (κ2) is 8.52. The Labute approximate surface area is 169 Å². The molecule has 7 nitrogen and oxygen atoms in total. The molecule has 0 atom stereocenters. The molecule has 0 saturated carbocycles. The van der Waals surface area contributed by atoms with E-state index in [1.165, 1.54) is 23.2 Å². The number of alkyl halides is 3. The molecule has 0 bridgehead atoms. The van der Waals surface area contributed by atoms with E-state index in [0.29, 0.717) is 18.9 Å². The monoisotopic (exact) mass is 430 g/mol. The number of aromatic nitrogens is 2. The number of nitrogens with zero attached hydrogens (tertiary/aromatic N) is 4. The number of hydrogen-bond acceptors (Lipinski definition) is 7. The van der Waals surface area contributed by atoms with Gasteiger partial charge in [-0.3, -0.25) is 9.59 Å². The molecule has 1 fully saturated rings. The highest BCUT2D eigenvalue weighted by molar-refractivity contribution is 7.18. The lowest BCUT2D eigenvalue weighted by Crippen LogP contribution is -2.49. The van der Waals surface area contributed by atoms with Gasteiger partial charge in [0.15, 0.2) is 5.78 Å². The third kappa shape index (κ3) is 5.34. The van der Waals surface area contributed by atoms with Crippen LogP contribution in [0.1, 0.15) is 25.1 Å². The van der Waals surface area contributed by atoms with Gasteiger partial charge in [0.1, 0.15) is 23.7 Å². The lowest BCUT2D eigenvalue weighted by molar-refractivity contribution is -0.161. The third-order valence-electron chi connectivity index (χ3n) is 4.44. The molecule has 0 spiro atoms. The normalized spacial score (nSPS) is 15.1. The first kappa shape index (κ1) is 21.3. The van der Waals surface area contributed by atoms with E-state index in [1.54, 1.807) is 0 Å². The number of amides is 1. The number of Topliss-reactive ketones (excluding diaryl/α,β-unsaturated/α-hetero) is 1. The zero-order valence-corrected chi connectivity index (χ0v) is 16.9. The van der Waals surface area contributed by atoms with Crippen LogP contribution in [-0.4, -0.2) is 65.5 Å². The van der Waals surface area contributed by atoms with Crippen molar-refractivity contribution in [3.63, 3.8) is 0 Å². The van der Waals surface area contributed by atoms with Gasteiger partial charge in [-0.05, 0) is 19.4 Å². The second-order valence-corrected chi connectivity index (χ2v) is 7.88. The van der Waals surface area contributed by atoms with Crippen molar-refractivity contribution < 1.29 is 27.5 Å². The minimum Gasteiger partial charge on any atom is -0.455 e. The lowest BCUT2D eigenvalue weighted by Gasteiger charge is -2.35. The van der Waals surface area contributed by atoms with Gasteiger partial charge in [-0.25, -0.2) is 0 Å². The van der Waals surface area contributed by atoms with Gasteiger partial charge in [0.05, 0.1) is 5.39 Å². The maximum Gasteiger partial charge on any atom is 0.397 e. The van der Waals surface area contributed by atoms with E-state index in [-0.39, 0.29) is 31.5 Å². The predicted molar refractivity (Wildman–Crippen MR) is 102 cm³/mol. The van der Waals surface area contributed by atoms with Gasteiger partial charge < -0.3 is 14.5 Å². The molecule has 29 heavy (non-hydrogen) atoms. The molecule has 0 radical (unpaired) electrons.